The van der Waals surface area contributed by atoms with Crippen LogP contribution in [0.25, 0.3) is 0 Å². The molecule has 3 aromatic rings. The molecular weight excluding hydrogens is 426 g/mol. The van der Waals surface area contributed by atoms with Crippen LogP contribution in [0.2, 0.25) is 0 Å². The maximum absolute atomic E-state index is 13.1. The molecule has 164 valence electrons. The number of amides is 1. The highest BCUT2D eigenvalue weighted by molar-refractivity contribution is 7.92. The summed E-state index contributed by atoms with van der Waals surface area (Å²) < 4.78 is 32.5. The van der Waals surface area contributed by atoms with E-state index in [1.54, 1.807) is 67.7 Å². The van der Waals surface area contributed by atoms with Gasteiger partial charge in [-0.2, -0.15) is 5.26 Å². The van der Waals surface area contributed by atoms with Crippen molar-refractivity contribution in [2.24, 2.45) is 0 Å². The molecule has 0 spiro atoms. The quantitative estimate of drug-likeness (QED) is 0.549. The van der Waals surface area contributed by atoms with Crippen LogP contribution in [0.4, 0.5) is 5.69 Å². The van der Waals surface area contributed by atoms with Gasteiger partial charge < -0.3 is 9.64 Å². The first-order valence-corrected chi connectivity index (χ1v) is 11.2. The fraction of sp³-hybridized carbons (Fsp3) is 0.167. The van der Waals surface area contributed by atoms with Gasteiger partial charge in [-0.25, -0.2) is 8.42 Å². The van der Waals surface area contributed by atoms with Crippen molar-refractivity contribution in [2.75, 3.05) is 25.5 Å². The maximum atomic E-state index is 13.1. The number of benzene rings is 3. The summed E-state index contributed by atoms with van der Waals surface area (Å²) in [6.45, 7) is 0.327. The van der Waals surface area contributed by atoms with E-state index >= 15 is 0 Å². The van der Waals surface area contributed by atoms with E-state index in [0.717, 1.165) is 9.87 Å². The minimum absolute atomic E-state index is 0.0217. The summed E-state index contributed by atoms with van der Waals surface area (Å²) >= 11 is 0. The van der Waals surface area contributed by atoms with Gasteiger partial charge in [0.2, 0.25) is 0 Å². The smallest absolute Gasteiger partial charge is 0.264 e. The predicted octanol–water partition coefficient (Wildman–Crippen LogP) is 3.66. The van der Waals surface area contributed by atoms with Gasteiger partial charge in [0.25, 0.3) is 15.9 Å². The lowest BCUT2D eigenvalue weighted by Gasteiger charge is -2.21. The molecule has 0 aliphatic rings. The number of anilines is 1. The molecule has 0 aliphatic carbocycles. The fourth-order valence-electron chi connectivity index (χ4n) is 3.13. The van der Waals surface area contributed by atoms with E-state index < -0.39 is 10.0 Å². The Balaban J connectivity index is 1.80. The number of sulfonamides is 1. The van der Waals surface area contributed by atoms with Crippen molar-refractivity contribution >= 4 is 21.6 Å². The molecule has 3 aromatic carbocycles. The number of hydrogen-bond donors (Lipinski definition) is 0. The van der Waals surface area contributed by atoms with Crippen molar-refractivity contribution in [1.82, 2.24) is 4.90 Å². The van der Waals surface area contributed by atoms with Gasteiger partial charge in [-0.15, -0.1) is 0 Å². The summed E-state index contributed by atoms with van der Waals surface area (Å²) in [5.74, 6) is 0.316. The van der Waals surface area contributed by atoms with E-state index in [9.17, 15) is 13.2 Å². The zero-order valence-corrected chi connectivity index (χ0v) is 18.8. The summed E-state index contributed by atoms with van der Waals surface area (Å²) in [4.78, 5) is 14.4. The van der Waals surface area contributed by atoms with Gasteiger partial charge in [0.1, 0.15) is 5.75 Å². The minimum atomic E-state index is -3.87. The first-order valence-electron chi connectivity index (χ1n) is 9.74. The number of carbonyl (C=O) groups is 1. The highest BCUT2D eigenvalue weighted by Gasteiger charge is 2.23. The Kier molecular flexibility index (Phi) is 6.81. The van der Waals surface area contributed by atoms with Crippen LogP contribution in [0, 0.1) is 11.3 Å². The molecular formula is C24H23N3O4S. The van der Waals surface area contributed by atoms with E-state index in [1.807, 2.05) is 0 Å². The Bertz CT molecular complexity index is 1250. The number of rotatable bonds is 7. The zero-order valence-electron chi connectivity index (χ0n) is 18.0. The third-order valence-electron chi connectivity index (χ3n) is 5.02. The third-order valence-corrected chi connectivity index (χ3v) is 6.81. The molecule has 0 unspecified atom stereocenters. The van der Waals surface area contributed by atoms with Gasteiger partial charge >= 0.3 is 0 Å². The number of methoxy groups -OCH3 is 1. The third kappa shape index (κ3) is 4.90. The largest absolute Gasteiger partial charge is 0.497 e. The second kappa shape index (κ2) is 9.54. The molecule has 0 N–H and O–H groups in total. The predicted molar refractivity (Wildman–Crippen MR) is 122 cm³/mol. The molecule has 0 atom stereocenters. The van der Waals surface area contributed by atoms with Gasteiger partial charge in [0.05, 0.1) is 29.3 Å². The second-order valence-electron chi connectivity index (χ2n) is 7.17. The van der Waals surface area contributed by atoms with Crippen molar-refractivity contribution in [3.05, 3.63) is 89.5 Å². The molecule has 0 saturated heterocycles. The van der Waals surface area contributed by atoms with E-state index in [4.69, 9.17) is 10.00 Å². The first kappa shape index (κ1) is 22.8. The molecule has 3 rings (SSSR count). The van der Waals surface area contributed by atoms with Crippen molar-refractivity contribution in [1.29, 1.82) is 5.26 Å². The van der Waals surface area contributed by atoms with Crippen LogP contribution < -0.4 is 9.04 Å². The molecule has 32 heavy (non-hydrogen) atoms. The Morgan fingerprint density at radius 3 is 2.25 bits per heavy atom. The number of carbonyl (C=O) groups excluding carboxylic acids is 1. The Morgan fingerprint density at radius 2 is 1.66 bits per heavy atom. The lowest BCUT2D eigenvalue weighted by atomic mass is 10.1. The summed E-state index contributed by atoms with van der Waals surface area (Å²) in [6.07, 6.45) is 0. The molecule has 0 heterocycles. The average molecular weight is 450 g/mol. The number of ether oxygens (including phenoxy) is 1. The Labute approximate surface area is 188 Å². The standard InChI is InChI=1S/C24H23N3O4S/c1-26(17-19-9-7-18(16-25)8-10-19)24(28)20-5-4-6-23(15-20)32(29,30)27(2)21-11-13-22(31-3)14-12-21/h4-15H,17H2,1-3H3. The van der Waals surface area contributed by atoms with Crippen LogP contribution in [-0.2, 0) is 16.6 Å². The lowest BCUT2D eigenvalue weighted by molar-refractivity contribution is 0.0785. The van der Waals surface area contributed by atoms with E-state index in [2.05, 4.69) is 6.07 Å². The van der Waals surface area contributed by atoms with Crippen molar-refractivity contribution in [3.8, 4) is 11.8 Å². The van der Waals surface area contributed by atoms with Crippen LogP contribution >= 0.6 is 0 Å². The molecule has 0 bridgehead atoms. The first-order chi connectivity index (χ1) is 15.3. The zero-order chi connectivity index (χ0) is 23.3. The second-order valence-corrected chi connectivity index (χ2v) is 9.14. The van der Waals surface area contributed by atoms with Gasteiger partial charge in [-0.3, -0.25) is 9.10 Å². The SMILES string of the molecule is COc1ccc(N(C)S(=O)(=O)c2cccc(C(=O)N(C)Cc3ccc(C#N)cc3)c2)cc1. The molecule has 8 heteroatoms. The highest BCUT2D eigenvalue weighted by atomic mass is 32.2. The van der Waals surface area contributed by atoms with E-state index in [-0.39, 0.29) is 16.4 Å². The fourth-order valence-corrected chi connectivity index (χ4v) is 4.37. The Morgan fingerprint density at radius 1 is 1.00 bits per heavy atom. The van der Waals surface area contributed by atoms with Gasteiger partial charge in [0.15, 0.2) is 0 Å². The number of nitrogens with zero attached hydrogens (tertiary/aromatic N) is 3. The van der Waals surface area contributed by atoms with Gasteiger partial charge in [0, 0.05) is 26.2 Å². The molecule has 1 amide bonds. The molecule has 0 aliphatic heterocycles. The molecule has 0 aromatic heterocycles. The summed E-state index contributed by atoms with van der Waals surface area (Å²) in [6, 6.07) is 21.7. The molecule has 7 nitrogen and oxygen atoms in total. The van der Waals surface area contributed by atoms with Crippen LogP contribution in [0.15, 0.2) is 77.7 Å². The normalized spacial score (nSPS) is 10.8. The van der Waals surface area contributed by atoms with Crippen LogP contribution in [0.1, 0.15) is 21.5 Å². The summed E-state index contributed by atoms with van der Waals surface area (Å²) in [5.41, 5.74) is 2.15. The van der Waals surface area contributed by atoms with Crippen molar-refractivity contribution in [3.63, 3.8) is 0 Å². The topological polar surface area (TPSA) is 90.7 Å². The van der Waals surface area contributed by atoms with Crippen LogP contribution in [0.5, 0.6) is 5.75 Å². The average Bonchev–Trinajstić information content (AvgIpc) is 2.83. The van der Waals surface area contributed by atoms with Crippen molar-refractivity contribution in [2.45, 2.75) is 11.4 Å². The minimum Gasteiger partial charge on any atom is -0.497 e. The van der Waals surface area contributed by atoms with Crippen LogP contribution in [0.3, 0.4) is 0 Å². The van der Waals surface area contributed by atoms with Gasteiger partial charge in [-0.1, -0.05) is 18.2 Å². The number of hydrogen-bond acceptors (Lipinski definition) is 5. The molecule has 0 radical (unpaired) electrons. The van der Waals surface area contributed by atoms with Crippen molar-refractivity contribution < 1.29 is 17.9 Å². The number of nitriles is 1. The summed E-state index contributed by atoms with van der Waals surface area (Å²) in [7, 11) is 0.774. The Hall–Kier alpha value is -3.83. The lowest BCUT2D eigenvalue weighted by Crippen LogP contribution is -2.28. The van der Waals surface area contributed by atoms with Crippen LogP contribution in [-0.4, -0.2) is 40.4 Å². The van der Waals surface area contributed by atoms with E-state index in [0.29, 0.717) is 23.5 Å². The molecule has 0 saturated carbocycles. The van der Waals surface area contributed by atoms with Gasteiger partial charge in [-0.05, 0) is 60.2 Å². The highest BCUT2D eigenvalue weighted by Crippen LogP contribution is 2.25. The monoisotopic (exact) mass is 449 g/mol. The molecule has 0 fully saturated rings. The van der Waals surface area contributed by atoms with E-state index in [1.165, 1.54) is 31.2 Å². The summed E-state index contributed by atoms with van der Waals surface area (Å²) in [5, 5.41) is 8.90. The maximum Gasteiger partial charge on any atom is 0.264 e.